The zero-order valence-electron chi connectivity index (χ0n) is 34.8. The molecule has 2 aromatic rings. The second-order valence-electron chi connectivity index (χ2n) is 16.6. The van der Waals surface area contributed by atoms with E-state index in [0.29, 0.717) is 34.1 Å². The highest BCUT2D eigenvalue weighted by atomic mass is 35.5. The first-order valence-electron chi connectivity index (χ1n) is 19.8. The summed E-state index contributed by atoms with van der Waals surface area (Å²) in [5, 5.41) is 22.2. The monoisotopic (exact) mass is 846 g/mol. The maximum atomic E-state index is 14.5. The van der Waals surface area contributed by atoms with Gasteiger partial charge in [-0.3, -0.25) is 14.4 Å². The van der Waals surface area contributed by atoms with Gasteiger partial charge in [0.1, 0.15) is 36.2 Å². The molecule has 0 unspecified atom stereocenters. The minimum atomic E-state index is -1.46. The number of cyclic esters (lactones) is 1. The number of hydrogen-bond acceptors (Lipinski definition) is 12. The highest BCUT2D eigenvalue weighted by Crippen LogP contribution is 2.39. The number of urea groups is 1. The van der Waals surface area contributed by atoms with E-state index in [0.717, 1.165) is 0 Å². The molecule has 0 aliphatic carbocycles. The fourth-order valence-corrected chi connectivity index (χ4v) is 9.02. The Morgan fingerprint density at radius 1 is 1.02 bits per heavy atom. The topological polar surface area (TPSA) is 179 Å². The van der Waals surface area contributed by atoms with Gasteiger partial charge in [0.25, 0.3) is 0 Å². The molecule has 0 bridgehead atoms. The molecular formula is C42H56Cl2N4O10. The lowest BCUT2D eigenvalue weighted by Crippen LogP contribution is -2.62. The van der Waals surface area contributed by atoms with E-state index in [9.17, 15) is 24.3 Å². The molecule has 318 valence electrons. The fourth-order valence-electron chi connectivity index (χ4n) is 8.72. The molecular weight excluding hydrogens is 791 g/mol. The first kappa shape index (κ1) is 45.5. The third kappa shape index (κ3) is 9.57. The van der Waals surface area contributed by atoms with E-state index in [1.807, 2.05) is 32.8 Å². The van der Waals surface area contributed by atoms with Crippen molar-refractivity contribution >= 4 is 46.8 Å². The molecule has 2 amide bonds. The highest BCUT2D eigenvalue weighted by molar-refractivity contribution is 6.42. The van der Waals surface area contributed by atoms with Gasteiger partial charge >= 0.3 is 12.0 Å². The van der Waals surface area contributed by atoms with Gasteiger partial charge in [-0.2, -0.15) is 0 Å². The van der Waals surface area contributed by atoms with Crippen LogP contribution in [0.2, 0.25) is 10.0 Å². The van der Waals surface area contributed by atoms with Crippen molar-refractivity contribution in [3.63, 3.8) is 0 Å². The molecule has 5 rings (SSSR count). The Morgan fingerprint density at radius 3 is 2.38 bits per heavy atom. The van der Waals surface area contributed by atoms with Crippen LogP contribution in [-0.4, -0.2) is 113 Å². The summed E-state index contributed by atoms with van der Waals surface area (Å²) in [7, 11) is 3.70. The average molecular weight is 848 g/mol. The zero-order chi connectivity index (χ0) is 42.9. The lowest BCUT2D eigenvalue weighted by atomic mass is 9.73. The Morgan fingerprint density at radius 2 is 1.72 bits per heavy atom. The molecule has 3 saturated heterocycles. The second kappa shape index (κ2) is 18.4. The molecule has 14 nitrogen and oxygen atoms in total. The number of fused-ring (bicyclic) bond motifs is 1. The van der Waals surface area contributed by atoms with Crippen molar-refractivity contribution in [2.45, 2.75) is 129 Å². The Hall–Kier alpha value is -3.55. The molecule has 58 heavy (non-hydrogen) atoms. The average Bonchev–Trinajstić information content (AvgIpc) is 3.78. The van der Waals surface area contributed by atoms with Gasteiger partial charge < -0.3 is 44.1 Å². The zero-order valence-corrected chi connectivity index (χ0v) is 36.3. The summed E-state index contributed by atoms with van der Waals surface area (Å²) in [5.74, 6) is 0.867. The third-order valence-electron chi connectivity index (χ3n) is 12.0. The van der Waals surface area contributed by atoms with Gasteiger partial charge in [0, 0.05) is 35.4 Å². The van der Waals surface area contributed by atoms with Gasteiger partial charge in [-0.05, 0) is 79.1 Å². The Balaban J connectivity index is 1.54. The summed E-state index contributed by atoms with van der Waals surface area (Å²) in [4.78, 5) is 57.5. The number of hydrogen-bond donors (Lipinski definition) is 3. The summed E-state index contributed by atoms with van der Waals surface area (Å²) in [6.07, 6.45) is -3.81. The number of esters is 1. The summed E-state index contributed by atoms with van der Waals surface area (Å²) in [6, 6.07) is 5.12. The van der Waals surface area contributed by atoms with Crippen LogP contribution in [0.4, 0.5) is 4.79 Å². The number of carbonyl (C=O) groups is 4. The SMILES string of the molecule is CC[C@H]1OC(=O)[C@H](C)C(=O)[C@H](C)[C@@H](O[C@@H]2O[C@H](C)C[C@H](N(C)C)[C@H]2O)[C@](C)(OCC#Cc2cc(-c3ccc(Cl)c(Cl)c3)no2)C[C@@H](C)C(=O)[C@H](C)[C@H]2NC(=O)N[C@@]21C. The lowest BCUT2D eigenvalue weighted by molar-refractivity contribution is -0.296. The van der Waals surface area contributed by atoms with Crippen LogP contribution >= 0.6 is 23.2 Å². The van der Waals surface area contributed by atoms with Crippen molar-refractivity contribution in [3.05, 3.63) is 40.1 Å². The summed E-state index contributed by atoms with van der Waals surface area (Å²) < 4.78 is 31.0. The number of amides is 2. The van der Waals surface area contributed by atoms with E-state index in [1.165, 1.54) is 6.92 Å². The number of halogens is 2. The lowest BCUT2D eigenvalue weighted by Gasteiger charge is -2.47. The maximum absolute atomic E-state index is 14.5. The van der Waals surface area contributed by atoms with Crippen LogP contribution in [0.5, 0.6) is 0 Å². The molecule has 3 fully saturated rings. The van der Waals surface area contributed by atoms with Crippen molar-refractivity contribution in [1.82, 2.24) is 20.7 Å². The normalized spacial score (nSPS) is 36.3. The minimum Gasteiger partial charge on any atom is -0.459 e. The van der Waals surface area contributed by atoms with Crippen LogP contribution in [0.1, 0.15) is 80.4 Å². The van der Waals surface area contributed by atoms with Crippen LogP contribution in [0.15, 0.2) is 28.8 Å². The second-order valence-corrected chi connectivity index (χ2v) is 17.5. The molecule has 0 spiro atoms. The molecule has 0 radical (unpaired) electrons. The predicted octanol–water partition coefficient (Wildman–Crippen LogP) is 5.43. The number of nitrogens with zero attached hydrogens (tertiary/aromatic N) is 2. The molecule has 13 atom stereocenters. The van der Waals surface area contributed by atoms with Crippen molar-refractivity contribution in [2.24, 2.45) is 23.7 Å². The van der Waals surface area contributed by atoms with Gasteiger partial charge in [0.2, 0.25) is 5.76 Å². The molecule has 4 heterocycles. The molecule has 3 N–H and O–H groups in total. The molecule has 16 heteroatoms. The summed E-state index contributed by atoms with van der Waals surface area (Å²) >= 11 is 12.3. The van der Waals surface area contributed by atoms with E-state index in [-0.39, 0.29) is 36.7 Å². The van der Waals surface area contributed by atoms with E-state index in [1.54, 1.807) is 58.9 Å². The van der Waals surface area contributed by atoms with Crippen LogP contribution in [0.3, 0.4) is 0 Å². The molecule has 0 saturated carbocycles. The summed E-state index contributed by atoms with van der Waals surface area (Å²) in [6.45, 7) is 13.5. The van der Waals surface area contributed by atoms with Crippen molar-refractivity contribution in [1.29, 1.82) is 0 Å². The van der Waals surface area contributed by atoms with Crippen molar-refractivity contribution in [3.8, 4) is 23.1 Å². The van der Waals surface area contributed by atoms with E-state index >= 15 is 0 Å². The number of benzene rings is 1. The van der Waals surface area contributed by atoms with Crippen molar-refractivity contribution in [2.75, 3.05) is 20.7 Å². The quantitative estimate of drug-likeness (QED) is 0.183. The van der Waals surface area contributed by atoms with Gasteiger partial charge in [-0.15, -0.1) is 0 Å². The Kier molecular flexibility index (Phi) is 14.4. The predicted molar refractivity (Wildman–Crippen MR) is 216 cm³/mol. The number of nitrogens with one attached hydrogen (secondary N) is 2. The molecule has 3 aliphatic heterocycles. The largest absolute Gasteiger partial charge is 0.459 e. The van der Waals surface area contributed by atoms with Gasteiger partial charge in [-0.25, -0.2) is 4.79 Å². The highest BCUT2D eigenvalue weighted by Gasteiger charge is 2.55. The number of aliphatic hydroxyl groups excluding tert-OH is 1. The van der Waals surface area contributed by atoms with Gasteiger partial charge in [-0.1, -0.05) is 68.0 Å². The minimum absolute atomic E-state index is 0.0280. The van der Waals surface area contributed by atoms with Crippen LogP contribution < -0.4 is 10.6 Å². The van der Waals surface area contributed by atoms with Gasteiger partial charge in [0.05, 0.1) is 39.4 Å². The standard InChI is InChI=1S/C42H56Cl2N4O10/c1-11-32-42(8)36(45-40(53)46-42)23(4)33(49)21(2)20-41(7,54-16-12-13-27-19-30(47-58-27)26-14-15-28(43)29(44)18-26)37(24(5)34(50)25(6)38(52)56-32)57-39-35(51)31(48(9)10)17-22(3)55-39/h14-15,18-19,21-25,31-32,35-37,39,51H,11,16-17,20H2,1-10H3,(H2,45,46,53)/t21-,22-,23+,24+,25-,31+,32-,35-,36-,37-,39+,41-,42-/m1/s1. The number of likely N-dealkylation sites (N-methyl/N-ethyl adjacent to an activating group) is 1. The summed E-state index contributed by atoms with van der Waals surface area (Å²) in [5.41, 5.74) is -1.45. The molecule has 1 aromatic heterocycles. The first-order valence-corrected chi connectivity index (χ1v) is 20.5. The number of aromatic nitrogens is 1. The Bertz CT molecular complexity index is 1910. The van der Waals surface area contributed by atoms with Crippen LogP contribution in [0, 0.1) is 35.5 Å². The number of ether oxygens (including phenoxy) is 4. The number of aliphatic hydroxyl groups is 1. The smallest absolute Gasteiger partial charge is 0.316 e. The number of ketones is 2. The van der Waals surface area contributed by atoms with Crippen LogP contribution in [-0.2, 0) is 33.3 Å². The molecule has 3 aliphatic rings. The number of rotatable bonds is 7. The van der Waals surface area contributed by atoms with Gasteiger partial charge in [0.15, 0.2) is 12.1 Å². The maximum Gasteiger partial charge on any atom is 0.316 e. The third-order valence-corrected chi connectivity index (χ3v) is 12.8. The van der Waals surface area contributed by atoms with Crippen molar-refractivity contribution < 1.29 is 47.8 Å². The van der Waals surface area contributed by atoms with E-state index < -0.39 is 83.2 Å². The molecule has 1 aromatic carbocycles. The van der Waals surface area contributed by atoms with E-state index in [2.05, 4.69) is 27.6 Å². The number of Topliss-reactive ketones (excluding diaryl/α,β-unsaturated/α-hetero) is 2. The Labute approximate surface area is 350 Å². The first-order chi connectivity index (χ1) is 27.2. The fraction of sp³-hybridized carbons (Fsp3) is 0.643. The number of carbonyl (C=O) groups excluding carboxylic acids is 4. The van der Waals surface area contributed by atoms with Crippen LogP contribution in [0.25, 0.3) is 11.3 Å². The van der Waals surface area contributed by atoms with E-state index in [4.69, 9.17) is 46.7 Å².